The van der Waals surface area contributed by atoms with Crippen LogP contribution >= 0.6 is 0 Å². The second-order valence-electron chi connectivity index (χ2n) is 3.81. The first kappa shape index (κ1) is 13.2. The number of carboxylic acid groups (broad SMARTS) is 1. The van der Waals surface area contributed by atoms with E-state index >= 15 is 0 Å². The first-order valence-electron chi connectivity index (χ1n) is 5.54. The second-order valence-corrected chi connectivity index (χ2v) is 3.81. The molecule has 0 aliphatic rings. The fraction of sp³-hybridized carbons (Fsp3) is 0.545. The Hall–Kier alpha value is -1.85. The number of hydrogen-bond acceptors (Lipinski definition) is 4. The van der Waals surface area contributed by atoms with E-state index in [0.29, 0.717) is 12.4 Å². The molecule has 0 aliphatic carbocycles. The third-order valence-electron chi connectivity index (χ3n) is 2.38. The maximum atomic E-state index is 12.0. The number of aromatic nitrogens is 2. The fourth-order valence-electron chi connectivity index (χ4n) is 1.48. The summed E-state index contributed by atoms with van der Waals surface area (Å²) in [6.45, 7) is 2.90. The number of hydrogen-bond donors (Lipinski definition) is 1. The summed E-state index contributed by atoms with van der Waals surface area (Å²) in [5.41, 5.74) is -0.178. The highest BCUT2D eigenvalue weighted by molar-refractivity contribution is 5.67. The van der Waals surface area contributed by atoms with Gasteiger partial charge in [0.15, 0.2) is 5.82 Å². The van der Waals surface area contributed by atoms with Crippen molar-refractivity contribution in [2.75, 3.05) is 18.5 Å². The van der Waals surface area contributed by atoms with Crippen molar-refractivity contribution in [3.8, 4) is 0 Å². The van der Waals surface area contributed by atoms with E-state index in [4.69, 9.17) is 5.11 Å². The van der Waals surface area contributed by atoms with Crippen molar-refractivity contribution in [3.05, 3.63) is 22.7 Å². The average Bonchev–Trinajstić information content (AvgIpc) is 2.29. The summed E-state index contributed by atoms with van der Waals surface area (Å²) in [6, 6.07) is 0. The maximum Gasteiger partial charge on any atom is 0.305 e. The Morgan fingerprint density at radius 1 is 1.59 bits per heavy atom. The third-order valence-corrected chi connectivity index (χ3v) is 2.38. The molecular weight excluding hydrogens is 222 g/mol. The number of carboxylic acids is 1. The lowest BCUT2D eigenvalue weighted by Crippen LogP contribution is -2.31. The predicted octanol–water partition coefficient (Wildman–Crippen LogP) is 0.564. The summed E-state index contributed by atoms with van der Waals surface area (Å²) >= 11 is 0. The van der Waals surface area contributed by atoms with Crippen molar-refractivity contribution in [1.29, 1.82) is 0 Å². The van der Waals surface area contributed by atoms with Crippen LogP contribution in [0.4, 0.5) is 5.82 Å². The minimum Gasteiger partial charge on any atom is -0.481 e. The number of aliphatic carboxylic acids is 1. The lowest BCUT2D eigenvalue weighted by Gasteiger charge is -2.17. The molecule has 0 saturated carbocycles. The lowest BCUT2D eigenvalue weighted by atomic mass is 10.4. The maximum absolute atomic E-state index is 12.0. The molecule has 0 aliphatic heterocycles. The minimum atomic E-state index is -0.887. The second kappa shape index (κ2) is 6.03. The zero-order chi connectivity index (χ0) is 12.8. The zero-order valence-electron chi connectivity index (χ0n) is 10.1. The Labute approximate surface area is 99.5 Å². The van der Waals surface area contributed by atoms with Crippen LogP contribution in [0.5, 0.6) is 0 Å². The van der Waals surface area contributed by atoms with E-state index in [1.54, 1.807) is 28.9 Å². The number of nitrogens with zero attached hydrogens (tertiary/aromatic N) is 3. The van der Waals surface area contributed by atoms with E-state index in [2.05, 4.69) is 4.98 Å². The van der Waals surface area contributed by atoms with Crippen molar-refractivity contribution in [1.82, 2.24) is 9.55 Å². The molecule has 0 spiro atoms. The van der Waals surface area contributed by atoms with Gasteiger partial charge in [0, 0.05) is 32.5 Å². The Kier molecular flexibility index (Phi) is 4.68. The molecule has 0 saturated heterocycles. The van der Waals surface area contributed by atoms with Gasteiger partial charge in [-0.25, -0.2) is 4.98 Å². The van der Waals surface area contributed by atoms with E-state index in [0.717, 1.165) is 6.42 Å². The Morgan fingerprint density at radius 3 is 2.88 bits per heavy atom. The van der Waals surface area contributed by atoms with Crippen molar-refractivity contribution >= 4 is 11.8 Å². The van der Waals surface area contributed by atoms with E-state index in [-0.39, 0.29) is 18.5 Å². The van der Waals surface area contributed by atoms with E-state index in [9.17, 15) is 9.59 Å². The highest BCUT2D eigenvalue weighted by Gasteiger charge is 2.10. The van der Waals surface area contributed by atoms with Crippen molar-refractivity contribution in [2.24, 2.45) is 0 Å². The topological polar surface area (TPSA) is 75.4 Å². The van der Waals surface area contributed by atoms with Crippen LogP contribution in [0.25, 0.3) is 0 Å². The SMILES string of the molecule is CCCn1ccnc(N(C)CCC(=O)O)c1=O. The fourth-order valence-corrected chi connectivity index (χ4v) is 1.48. The molecule has 0 radical (unpaired) electrons. The number of carbonyl (C=O) groups is 1. The highest BCUT2D eigenvalue weighted by Crippen LogP contribution is 2.01. The number of anilines is 1. The molecule has 0 aromatic carbocycles. The largest absolute Gasteiger partial charge is 0.481 e. The quantitative estimate of drug-likeness (QED) is 0.785. The number of rotatable bonds is 6. The molecule has 17 heavy (non-hydrogen) atoms. The summed E-state index contributed by atoms with van der Waals surface area (Å²) in [4.78, 5) is 28.0. The molecule has 0 amide bonds. The summed E-state index contributed by atoms with van der Waals surface area (Å²) in [5.74, 6) is -0.594. The van der Waals surface area contributed by atoms with Gasteiger partial charge in [-0.3, -0.25) is 9.59 Å². The molecule has 94 valence electrons. The van der Waals surface area contributed by atoms with Gasteiger partial charge in [0.05, 0.1) is 6.42 Å². The zero-order valence-corrected chi connectivity index (χ0v) is 10.1. The molecule has 1 rings (SSSR count). The molecule has 1 aromatic rings. The van der Waals surface area contributed by atoms with Crippen LogP contribution in [0.15, 0.2) is 17.2 Å². The highest BCUT2D eigenvalue weighted by atomic mass is 16.4. The van der Waals surface area contributed by atoms with Crippen LogP contribution in [-0.2, 0) is 11.3 Å². The standard InChI is InChI=1S/C11H17N3O3/c1-3-6-14-8-5-12-10(11(14)17)13(2)7-4-9(15)16/h5,8H,3-4,6-7H2,1-2H3,(H,15,16). The summed E-state index contributed by atoms with van der Waals surface area (Å²) in [5, 5.41) is 8.59. The van der Waals surface area contributed by atoms with E-state index < -0.39 is 5.97 Å². The van der Waals surface area contributed by atoms with Crippen molar-refractivity contribution in [3.63, 3.8) is 0 Å². The van der Waals surface area contributed by atoms with E-state index in [1.807, 2.05) is 6.92 Å². The van der Waals surface area contributed by atoms with Gasteiger partial charge < -0.3 is 14.6 Å². The van der Waals surface area contributed by atoms with Gasteiger partial charge >= 0.3 is 5.97 Å². The molecule has 0 fully saturated rings. The molecular formula is C11H17N3O3. The van der Waals surface area contributed by atoms with Gasteiger partial charge in [-0.1, -0.05) is 6.92 Å². The molecule has 1 aromatic heterocycles. The molecule has 1 heterocycles. The molecule has 1 N–H and O–H groups in total. The van der Waals surface area contributed by atoms with Gasteiger partial charge in [-0.05, 0) is 6.42 Å². The normalized spacial score (nSPS) is 10.2. The molecule has 6 nitrogen and oxygen atoms in total. The van der Waals surface area contributed by atoms with Crippen molar-refractivity contribution < 1.29 is 9.90 Å². The number of aryl methyl sites for hydroxylation is 1. The van der Waals surface area contributed by atoms with Crippen LogP contribution in [0, 0.1) is 0 Å². The predicted molar refractivity (Wildman–Crippen MR) is 64.3 cm³/mol. The third kappa shape index (κ3) is 3.58. The summed E-state index contributed by atoms with van der Waals surface area (Å²) < 4.78 is 1.58. The van der Waals surface area contributed by atoms with Crippen LogP contribution in [0.1, 0.15) is 19.8 Å². The van der Waals surface area contributed by atoms with Crippen LogP contribution in [-0.4, -0.2) is 34.2 Å². The van der Waals surface area contributed by atoms with Crippen LogP contribution < -0.4 is 10.5 Å². The molecule has 0 bridgehead atoms. The Morgan fingerprint density at radius 2 is 2.29 bits per heavy atom. The summed E-state index contributed by atoms with van der Waals surface area (Å²) in [7, 11) is 1.67. The van der Waals surface area contributed by atoms with Crippen LogP contribution in [0.2, 0.25) is 0 Å². The summed E-state index contributed by atoms with van der Waals surface area (Å²) in [6.07, 6.45) is 4.05. The Bertz CT molecular complexity index is 442. The molecule has 0 unspecified atom stereocenters. The Balaban J connectivity index is 2.86. The first-order chi connectivity index (χ1) is 8.06. The van der Waals surface area contributed by atoms with Gasteiger partial charge in [-0.15, -0.1) is 0 Å². The minimum absolute atomic E-state index is 0.0136. The first-order valence-corrected chi connectivity index (χ1v) is 5.54. The van der Waals surface area contributed by atoms with Gasteiger partial charge in [0.2, 0.25) is 0 Å². The smallest absolute Gasteiger partial charge is 0.305 e. The average molecular weight is 239 g/mol. The molecule has 0 atom stereocenters. The van der Waals surface area contributed by atoms with Crippen LogP contribution in [0.3, 0.4) is 0 Å². The molecule has 6 heteroatoms. The van der Waals surface area contributed by atoms with Crippen molar-refractivity contribution in [2.45, 2.75) is 26.3 Å². The van der Waals surface area contributed by atoms with Gasteiger partial charge in [0.1, 0.15) is 0 Å². The van der Waals surface area contributed by atoms with Gasteiger partial charge in [-0.2, -0.15) is 0 Å². The van der Waals surface area contributed by atoms with Gasteiger partial charge in [0.25, 0.3) is 5.56 Å². The monoisotopic (exact) mass is 239 g/mol. The van der Waals surface area contributed by atoms with E-state index in [1.165, 1.54) is 0 Å². The lowest BCUT2D eigenvalue weighted by molar-refractivity contribution is -0.136.